The number of anilines is 1. The fourth-order valence-corrected chi connectivity index (χ4v) is 4.33. The van der Waals surface area contributed by atoms with Gasteiger partial charge in [0.25, 0.3) is 0 Å². The molecule has 0 bridgehead atoms. The summed E-state index contributed by atoms with van der Waals surface area (Å²) in [5.74, 6) is 0.993. The Kier molecular flexibility index (Phi) is 3.71. The standard InChI is InChI=1S/C19H22N4O2/c1-12-13(2)21-16(15-7-3-4-9-20-15)22-17(12)23-10-14-6-5-8-19(14,11-23)18(24)25/h3-4,7,9,14H,5-6,8,10-11H2,1-2H3,(H,24,25)/t14-,19+/m0/s1. The molecule has 1 aliphatic carbocycles. The van der Waals surface area contributed by atoms with Crippen LogP contribution >= 0.6 is 0 Å². The lowest BCUT2D eigenvalue weighted by atomic mass is 9.81. The van der Waals surface area contributed by atoms with Crippen molar-refractivity contribution in [2.75, 3.05) is 18.0 Å². The zero-order chi connectivity index (χ0) is 17.6. The monoisotopic (exact) mass is 338 g/mol. The lowest BCUT2D eigenvalue weighted by molar-refractivity contribution is -0.149. The molecule has 1 N–H and O–H groups in total. The molecule has 2 fully saturated rings. The normalized spacial score (nSPS) is 25.2. The van der Waals surface area contributed by atoms with Gasteiger partial charge >= 0.3 is 5.97 Å². The third-order valence-corrected chi connectivity index (χ3v) is 5.85. The molecular weight excluding hydrogens is 316 g/mol. The van der Waals surface area contributed by atoms with Gasteiger partial charge in [-0.05, 0) is 44.7 Å². The highest BCUT2D eigenvalue weighted by atomic mass is 16.4. The summed E-state index contributed by atoms with van der Waals surface area (Å²) >= 11 is 0. The number of aliphatic carboxylic acids is 1. The SMILES string of the molecule is Cc1nc(-c2ccccn2)nc(N2C[C@@H]3CCC[C@@]3(C(=O)O)C2)c1C. The topological polar surface area (TPSA) is 79.2 Å². The van der Waals surface area contributed by atoms with Gasteiger partial charge in [0.2, 0.25) is 0 Å². The molecule has 1 aliphatic heterocycles. The Morgan fingerprint density at radius 1 is 1.32 bits per heavy atom. The van der Waals surface area contributed by atoms with Gasteiger partial charge in [-0.1, -0.05) is 12.5 Å². The lowest BCUT2D eigenvalue weighted by Crippen LogP contribution is -2.36. The molecule has 0 radical (unpaired) electrons. The first-order valence-electron chi connectivity index (χ1n) is 8.76. The van der Waals surface area contributed by atoms with Crippen LogP contribution in [0.15, 0.2) is 24.4 Å². The van der Waals surface area contributed by atoms with Crippen molar-refractivity contribution in [3.05, 3.63) is 35.7 Å². The van der Waals surface area contributed by atoms with Crippen LogP contribution in [0.2, 0.25) is 0 Å². The maximum Gasteiger partial charge on any atom is 0.311 e. The summed E-state index contributed by atoms with van der Waals surface area (Å²) < 4.78 is 0. The van der Waals surface area contributed by atoms with Gasteiger partial charge in [-0.3, -0.25) is 9.78 Å². The molecule has 2 atom stereocenters. The number of carboxylic acid groups (broad SMARTS) is 1. The van der Waals surface area contributed by atoms with Gasteiger partial charge in [-0.15, -0.1) is 0 Å². The molecule has 130 valence electrons. The van der Waals surface area contributed by atoms with Gasteiger partial charge in [0.05, 0.1) is 5.41 Å². The third kappa shape index (κ3) is 2.47. The van der Waals surface area contributed by atoms with Crippen LogP contribution in [0.25, 0.3) is 11.5 Å². The highest BCUT2D eigenvalue weighted by Crippen LogP contribution is 2.50. The van der Waals surface area contributed by atoms with Crippen LogP contribution in [0.5, 0.6) is 0 Å². The average Bonchev–Trinajstić information content (AvgIpc) is 3.16. The van der Waals surface area contributed by atoms with E-state index in [1.165, 1.54) is 0 Å². The van der Waals surface area contributed by atoms with E-state index in [0.717, 1.165) is 48.6 Å². The molecule has 1 saturated carbocycles. The minimum absolute atomic E-state index is 0.206. The molecule has 6 nitrogen and oxygen atoms in total. The number of carbonyl (C=O) groups is 1. The first kappa shape index (κ1) is 16.0. The molecule has 4 rings (SSSR count). The fourth-order valence-electron chi connectivity index (χ4n) is 4.33. The van der Waals surface area contributed by atoms with Crippen molar-refractivity contribution in [1.29, 1.82) is 0 Å². The number of pyridine rings is 1. The molecule has 2 aliphatic rings. The second-order valence-corrected chi connectivity index (χ2v) is 7.23. The van der Waals surface area contributed by atoms with Crippen LogP contribution in [0.1, 0.15) is 30.5 Å². The van der Waals surface area contributed by atoms with Crippen molar-refractivity contribution in [3.63, 3.8) is 0 Å². The van der Waals surface area contributed by atoms with E-state index in [0.29, 0.717) is 12.4 Å². The predicted octanol–water partition coefficient (Wildman–Crippen LogP) is 2.85. The first-order chi connectivity index (χ1) is 12.0. The summed E-state index contributed by atoms with van der Waals surface area (Å²) in [6.45, 7) is 5.27. The van der Waals surface area contributed by atoms with E-state index in [4.69, 9.17) is 4.98 Å². The number of carboxylic acids is 1. The van der Waals surface area contributed by atoms with Crippen molar-refractivity contribution < 1.29 is 9.90 Å². The second kappa shape index (κ2) is 5.79. The molecule has 0 spiro atoms. The van der Waals surface area contributed by atoms with E-state index in [2.05, 4.69) is 14.9 Å². The van der Waals surface area contributed by atoms with Crippen LogP contribution < -0.4 is 4.90 Å². The van der Waals surface area contributed by atoms with Crippen molar-refractivity contribution in [2.24, 2.45) is 11.3 Å². The quantitative estimate of drug-likeness (QED) is 0.927. The summed E-state index contributed by atoms with van der Waals surface area (Å²) in [7, 11) is 0. The number of nitrogens with zero attached hydrogens (tertiary/aromatic N) is 4. The van der Waals surface area contributed by atoms with Crippen LogP contribution in [0, 0.1) is 25.2 Å². The largest absolute Gasteiger partial charge is 0.481 e. The van der Waals surface area contributed by atoms with E-state index in [1.54, 1.807) is 6.20 Å². The van der Waals surface area contributed by atoms with Crippen LogP contribution in [0.4, 0.5) is 5.82 Å². The summed E-state index contributed by atoms with van der Waals surface area (Å²) in [6, 6.07) is 5.68. The van der Waals surface area contributed by atoms with Crippen LogP contribution in [0.3, 0.4) is 0 Å². The van der Waals surface area contributed by atoms with Gasteiger partial charge in [-0.2, -0.15) is 0 Å². The smallest absolute Gasteiger partial charge is 0.311 e. The summed E-state index contributed by atoms with van der Waals surface area (Å²) in [4.78, 5) is 27.8. The van der Waals surface area contributed by atoms with Gasteiger partial charge in [0.1, 0.15) is 11.5 Å². The minimum Gasteiger partial charge on any atom is -0.481 e. The number of hydrogen-bond donors (Lipinski definition) is 1. The van der Waals surface area contributed by atoms with E-state index in [9.17, 15) is 9.90 Å². The second-order valence-electron chi connectivity index (χ2n) is 7.23. The number of aryl methyl sites for hydroxylation is 1. The third-order valence-electron chi connectivity index (χ3n) is 5.85. The van der Waals surface area contributed by atoms with Crippen molar-refractivity contribution in [1.82, 2.24) is 15.0 Å². The number of aromatic nitrogens is 3. The molecule has 3 heterocycles. The predicted molar refractivity (Wildman–Crippen MR) is 94.4 cm³/mol. The Balaban J connectivity index is 1.74. The van der Waals surface area contributed by atoms with Crippen molar-refractivity contribution in [3.8, 4) is 11.5 Å². The molecule has 6 heteroatoms. The van der Waals surface area contributed by atoms with Gasteiger partial charge in [0, 0.05) is 30.5 Å². The summed E-state index contributed by atoms with van der Waals surface area (Å²) in [6.07, 6.45) is 4.48. The van der Waals surface area contributed by atoms with Gasteiger partial charge in [-0.25, -0.2) is 9.97 Å². The van der Waals surface area contributed by atoms with E-state index in [-0.39, 0.29) is 5.92 Å². The Bertz CT molecular complexity index is 824. The van der Waals surface area contributed by atoms with E-state index < -0.39 is 11.4 Å². The molecule has 25 heavy (non-hydrogen) atoms. The van der Waals surface area contributed by atoms with Gasteiger partial charge < -0.3 is 10.0 Å². The van der Waals surface area contributed by atoms with Crippen LogP contribution in [-0.4, -0.2) is 39.1 Å². The Labute approximate surface area is 147 Å². The Hall–Kier alpha value is -2.50. The van der Waals surface area contributed by atoms with E-state index in [1.807, 2.05) is 32.0 Å². The maximum atomic E-state index is 12.0. The maximum absolute atomic E-state index is 12.0. The molecular formula is C19H22N4O2. The highest BCUT2D eigenvalue weighted by Gasteiger charge is 2.55. The Morgan fingerprint density at radius 3 is 2.84 bits per heavy atom. The molecule has 0 unspecified atom stereocenters. The summed E-state index contributed by atoms with van der Waals surface area (Å²) in [5.41, 5.74) is 2.04. The first-order valence-corrected chi connectivity index (χ1v) is 8.76. The average molecular weight is 338 g/mol. The fraction of sp³-hybridized carbons (Fsp3) is 0.474. The molecule has 1 saturated heterocycles. The minimum atomic E-state index is -0.661. The zero-order valence-corrected chi connectivity index (χ0v) is 14.6. The number of fused-ring (bicyclic) bond motifs is 1. The molecule has 2 aromatic heterocycles. The summed E-state index contributed by atoms with van der Waals surface area (Å²) in [5, 5.41) is 9.83. The van der Waals surface area contributed by atoms with E-state index >= 15 is 0 Å². The number of rotatable bonds is 3. The van der Waals surface area contributed by atoms with Crippen molar-refractivity contribution in [2.45, 2.75) is 33.1 Å². The molecule has 2 aromatic rings. The van der Waals surface area contributed by atoms with Crippen LogP contribution in [-0.2, 0) is 4.79 Å². The zero-order valence-electron chi connectivity index (χ0n) is 14.6. The lowest BCUT2D eigenvalue weighted by Gasteiger charge is -2.25. The highest BCUT2D eigenvalue weighted by molar-refractivity contribution is 5.78. The van der Waals surface area contributed by atoms with Gasteiger partial charge in [0.15, 0.2) is 5.82 Å². The number of hydrogen-bond acceptors (Lipinski definition) is 5. The molecule has 0 amide bonds. The van der Waals surface area contributed by atoms with Crippen molar-refractivity contribution >= 4 is 11.8 Å². The molecule has 0 aromatic carbocycles. The Morgan fingerprint density at radius 2 is 2.16 bits per heavy atom.